The molecule has 82 heavy (non-hydrogen) atoms. The van der Waals surface area contributed by atoms with Crippen LogP contribution < -0.4 is 0 Å². The van der Waals surface area contributed by atoms with Crippen molar-refractivity contribution < 1.29 is 113 Å². The van der Waals surface area contributed by atoms with E-state index in [0.29, 0.717) is 12.3 Å². The van der Waals surface area contributed by atoms with Crippen molar-refractivity contribution in [3.63, 3.8) is 0 Å². The van der Waals surface area contributed by atoms with E-state index in [4.69, 9.17) is 37.5 Å². The largest absolute Gasteiger partial charge is 0.472 e. The summed E-state index contributed by atoms with van der Waals surface area (Å²) in [5.74, 6) is -0.902. The number of phosphoric acid groups is 1. The van der Waals surface area contributed by atoms with Crippen LogP contribution in [-0.4, -0.2) is 204 Å². The third kappa shape index (κ3) is 27.3. The van der Waals surface area contributed by atoms with Crippen LogP contribution in [0.2, 0.25) is 0 Å². The Morgan fingerprint density at radius 2 is 0.951 bits per heavy atom. The molecule has 3 aliphatic rings. The van der Waals surface area contributed by atoms with Crippen molar-refractivity contribution in [1.29, 1.82) is 0 Å². The Morgan fingerprint density at radius 3 is 1.41 bits per heavy atom. The molecule has 0 aromatic heterocycles. The first-order valence-electron chi connectivity index (χ1n) is 30.6. The number of ether oxygens (including phenoxy) is 6. The second-order valence-electron chi connectivity index (χ2n) is 22.6. The molecule has 0 radical (unpaired) electrons. The van der Waals surface area contributed by atoms with E-state index in [9.17, 15) is 75.2 Å². The maximum absolute atomic E-state index is 14.0. The molecular weight excluding hydrogens is 1100 g/mol. The fraction of sp³-hybridized carbons (Fsp3) is 0.897. The van der Waals surface area contributed by atoms with Gasteiger partial charge in [0.25, 0.3) is 0 Å². The quantitative estimate of drug-likeness (QED) is 0.0129. The Hall–Kier alpha value is -2.07. The summed E-state index contributed by atoms with van der Waals surface area (Å²) in [4.78, 5) is 37.5. The van der Waals surface area contributed by atoms with Crippen LogP contribution in [0.1, 0.15) is 194 Å². The van der Waals surface area contributed by atoms with Crippen molar-refractivity contribution in [1.82, 2.24) is 0 Å². The first-order chi connectivity index (χ1) is 39.3. The van der Waals surface area contributed by atoms with Gasteiger partial charge in [-0.05, 0) is 25.2 Å². The average Bonchev–Trinajstić information content (AvgIpc) is 3.62. The molecule has 24 heteroatoms. The van der Waals surface area contributed by atoms with Crippen LogP contribution in [0.15, 0.2) is 24.3 Å². The molecule has 0 aromatic rings. The van der Waals surface area contributed by atoms with E-state index in [1.807, 2.05) is 6.08 Å². The molecule has 2 saturated heterocycles. The zero-order valence-electron chi connectivity index (χ0n) is 48.9. The number of esters is 2. The van der Waals surface area contributed by atoms with E-state index in [-0.39, 0.29) is 6.42 Å². The number of allylic oxidation sites excluding steroid dienone is 3. The summed E-state index contributed by atoms with van der Waals surface area (Å²) < 4.78 is 58.0. The molecule has 2 aliphatic heterocycles. The van der Waals surface area contributed by atoms with E-state index in [0.717, 1.165) is 63.9 Å². The minimum absolute atomic E-state index is 0.0506. The second-order valence-corrected chi connectivity index (χ2v) is 24.0. The zero-order chi connectivity index (χ0) is 60.5. The molecule has 1 saturated carbocycles. The van der Waals surface area contributed by atoms with Gasteiger partial charge in [-0.3, -0.25) is 13.8 Å². The fourth-order valence-electron chi connectivity index (χ4n) is 10.3. The number of unbranched alkanes of at least 4 members (excludes halogenated alkanes) is 21. The van der Waals surface area contributed by atoms with Crippen LogP contribution in [0.3, 0.4) is 0 Å². The van der Waals surface area contributed by atoms with Crippen LogP contribution in [0, 0.1) is 5.92 Å². The number of rotatable bonds is 44. The Morgan fingerprint density at radius 1 is 0.524 bits per heavy atom. The number of aliphatic hydroxyl groups excluding tert-OH is 11. The van der Waals surface area contributed by atoms with Crippen molar-refractivity contribution in [3.8, 4) is 0 Å². The highest BCUT2D eigenvalue weighted by Gasteiger charge is 2.58. The monoisotopic (exact) mass is 1200 g/mol. The van der Waals surface area contributed by atoms with Gasteiger partial charge in [0.15, 0.2) is 18.7 Å². The second kappa shape index (κ2) is 41.9. The van der Waals surface area contributed by atoms with E-state index in [1.165, 1.54) is 109 Å². The Bertz CT molecular complexity index is 1740. The Kier molecular flexibility index (Phi) is 37.9. The van der Waals surface area contributed by atoms with Gasteiger partial charge in [-0.15, -0.1) is 0 Å². The maximum Gasteiger partial charge on any atom is 0.472 e. The summed E-state index contributed by atoms with van der Waals surface area (Å²) in [5.41, 5.74) is 0. The maximum atomic E-state index is 14.0. The molecule has 17 atom stereocenters. The minimum atomic E-state index is -5.66. The van der Waals surface area contributed by atoms with Crippen LogP contribution in [0.25, 0.3) is 0 Å². The lowest BCUT2D eigenvalue weighted by molar-refractivity contribution is -0.360. The molecule has 480 valence electrons. The highest BCUT2D eigenvalue weighted by molar-refractivity contribution is 7.47. The van der Waals surface area contributed by atoms with Gasteiger partial charge in [0, 0.05) is 12.5 Å². The SMILES string of the molecule is CCCCCCCCCCCCCC=CC=CC(=O)OCC(COP(=O)(O)OC1C(OC2OC(CO)C(O)C(O)C2O)C(O)C(O)C(O)C1OC1OC(CO)C(O)C(O)C1O)OC(=O)CCCCCCCCC(C)CCCCCCCC. The van der Waals surface area contributed by atoms with Crippen LogP contribution >= 0.6 is 7.82 Å². The molecule has 23 nitrogen and oxygen atoms in total. The molecule has 12 N–H and O–H groups in total. The summed E-state index contributed by atoms with van der Waals surface area (Å²) in [6, 6.07) is 0. The predicted octanol–water partition coefficient (Wildman–Crippen LogP) is 4.73. The summed E-state index contributed by atoms with van der Waals surface area (Å²) in [5, 5.41) is 117. The van der Waals surface area contributed by atoms with Crippen molar-refractivity contribution >= 4 is 19.8 Å². The zero-order valence-corrected chi connectivity index (χ0v) is 49.8. The first-order valence-corrected chi connectivity index (χ1v) is 32.1. The van der Waals surface area contributed by atoms with Crippen LogP contribution in [-0.2, 0) is 51.6 Å². The van der Waals surface area contributed by atoms with Gasteiger partial charge in [0.1, 0.15) is 92.1 Å². The lowest BCUT2D eigenvalue weighted by Gasteiger charge is -2.49. The number of hydrogen-bond donors (Lipinski definition) is 12. The third-order valence-corrected chi connectivity index (χ3v) is 16.5. The number of phosphoric ester groups is 1. The van der Waals surface area contributed by atoms with Crippen molar-refractivity contribution in [3.05, 3.63) is 24.3 Å². The lowest BCUT2D eigenvalue weighted by atomic mass is 9.84. The number of aliphatic hydroxyl groups is 11. The number of carbonyl (C=O) groups is 2. The Balaban J connectivity index is 1.72. The molecule has 1 aliphatic carbocycles. The highest BCUT2D eigenvalue weighted by Crippen LogP contribution is 2.49. The van der Waals surface area contributed by atoms with Crippen molar-refractivity contribution in [2.24, 2.45) is 5.92 Å². The van der Waals surface area contributed by atoms with Gasteiger partial charge in [0.05, 0.1) is 19.8 Å². The Labute approximate surface area is 485 Å². The number of hydrogen-bond acceptors (Lipinski definition) is 22. The fourth-order valence-corrected chi connectivity index (χ4v) is 11.3. The molecular formula is C58H105O23P. The van der Waals surface area contributed by atoms with Gasteiger partial charge >= 0.3 is 19.8 Å². The highest BCUT2D eigenvalue weighted by atomic mass is 31.2. The van der Waals surface area contributed by atoms with Crippen LogP contribution in [0.4, 0.5) is 0 Å². The predicted molar refractivity (Wildman–Crippen MR) is 300 cm³/mol. The van der Waals surface area contributed by atoms with Gasteiger partial charge in [-0.25, -0.2) is 9.36 Å². The van der Waals surface area contributed by atoms with Gasteiger partial charge in [-0.1, -0.05) is 187 Å². The van der Waals surface area contributed by atoms with Crippen molar-refractivity contribution in [2.45, 2.75) is 298 Å². The summed E-state index contributed by atoms with van der Waals surface area (Å²) in [7, 11) is -5.66. The molecule has 0 aromatic carbocycles. The average molecular weight is 1200 g/mol. The molecule has 3 fully saturated rings. The van der Waals surface area contributed by atoms with Crippen LogP contribution in [0.5, 0.6) is 0 Å². The van der Waals surface area contributed by atoms with Gasteiger partial charge in [0.2, 0.25) is 0 Å². The molecule has 17 unspecified atom stereocenters. The molecule has 0 bridgehead atoms. The summed E-state index contributed by atoms with van der Waals surface area (Å²) in [6.45, 7) is 3.21. The van der Waals surface area contributed by atoms with E-state index < -0.39 is 150 Å². The summed E-state index contributed by atoms with van der Waals surface area (Å²) in [6.07, 6.45) is 0.839. The normalized spacial score (nSPS) is 31.3. The van der Waals surface area contributed by atoms with Gasteiger partial charge in [-0.2, -0.15) is 0 Å². The van der Waals surface area contributed by atoms with Crippen molar-refractivity contribution in [2.75, 3.05) is 26.4 Å². The lowest BCUT2D eigenvalue weighted by Crippen LogP contribution is -2.69. The third-order valence-electron chi connectivity index (χ3n) is 15.5. The smallest absolute Gasteiger partial charge is 0.458 e. The minimum Gasteiger partial charge on any atom is -0.458 e. The van der Waals surface area contributed by atoms with Gasteiger partial charge < -0.3 is 89.5 Å². The van der Waals surface area contributed by atoms with E-state index >= 15 is 0 Å². The van der Waals surface area contributed by atoms with E-state index in [1.54, 1.807) is 6.08 Å². The molecule has 0 amide bonds. The summed E-state index contributed by atoms with van der Waals surface area (Å²) >= 11 is 0. The standard InChI is InChI=1S/C58H105O23P/c1-4-6-8-10-12-13-14-15-16-17-18-19-20-25-29-33-43(61)74-37-40(76-44(62)34-30-26-22-21-24-28-32-39(3)31-27-23-11-9-7-5-2)38-75-82(72,73)81-56-54(79-57-52(70)47(65)45(63)41(35-59)77-57)50(68)49(67)51(69)55(56)80-58-53(71)48(66)46(64)42(36-60)78-58/h20,25,29,33,39-42,45-60,63-71H,4-19,21-24,26-28,30-32,34-38H2,1-3H3,(H,72,73). The molecule has 0 spiro atoms. The number of carbonyl (C=O) groups excluding carboxylic acids is 2. The van der Waals surface area contributed by atoms with E-state index in [2.05, 4.69) is 20.8 Å². The topological polar surface area (TPSA) is 368 Å². The molecule has 3 rings (SSSR count). The molecule has 2 heterocycles. The first kappa shape index (κ1) is 74.2.